The molecule has 0 aliphatic heterocycles. The van der Waals surface area contributed by atoms with Crippen LogP contribution in [0.1, 0.15) is 44.6 Å². The molecular weight excluding hydrogens is 345 g/mol. The average molecular weight is 373 g/mol. The number of halogens is 1. The third-order valence-corrected chi connectivity index (χ3v) is 6.79. The normalized spacial score (nSPS) is 32.1. The number of benzene rings is 1. The van der Waals surface area contributed by atoms with Gasteiger partial charge in [0.2, 0.25) is 0 Å². The van der Waals surface area contributed by atoms with Crippen LogP contribution in [0.3, 0.4) is 0 Å². The van der Waals surface area contributed by atoms with Crippen molar-refractivity contribution in [2.45, 2.75) is 51.6 Å². The maximum Gasteiger partial charge on any atom is 0.310 e. The third-order valence-electron chi connectivity index (χ3n) is 6.79. The van der Waals surface area contributed by atoms with Gasteiger partial charge in [-0.1, -0.05) is 12.1 Å². The molecule has 0 aromatic heterocycles. The Bertz CT molecular complexity index is 674. The highest BCUT2D eigenvalue weighted by molar-refractivity contribution is 5.84. The zero-order chi connectivity index (χ0) is 19.0. The Morgan fingerprint density at radius 1 is 1.07 bits per heavy atom. The first-order valence-corrected chi connectivity index (χ1v) is 10.2. The lowest BCUT2D eigenvalue weighted by atomic mass is 9.52. The number of carbonyl (C=O) groups is 2. The standard InChI is InChI=1S/C22H28FNO3/c1-13(21(25)24-7-6-14-2-4-19(23)5-3-14)27-22(26)20-17-9-15-8-16(11-17)12-18(20)10-15/h2-5,13,15-18,20H,6-12H2,1H3,(H,24,25). The van der Waals surface area contributed by atoms with Crippen LogP contribution in [0.15, 0.2) is 24.3 Å². The van der Waals surface area contributed by atoms with Gasteiger partial charge in [0.25, 0.3) is 5.91 Å². The fraction of sp³-hybridized carbons (Fsp3) is 0.636. The van der Waals surface area contributed by atoms with E-state index in [4.69, 9.17) is 4.74 Å². The van der Waals surface area contributed by atoms with Crippen molar-refractivity contribution >= 4 is 11.9 Å². The molecule has 4 aliphatic rings. The van der Waals surface area contributed by atoms with Crippen molar-refractivity contribution in [1.82, 2.24) is 5.32 Å². The van der Waals surface area contributed by atoms with Gasteiger partial charge >= 0.3 is 5.97 Å². The van der Waals surface area contributed by atoms with Crippen LogP contribution in [0.5, 0.6) is 0 Å². The molecule has 0 saturated heterocycles. The second-order valence-corrected chi connectivity index (χ2v) is 8.70. The molecule has 1 amide bonds. The zero-order valence-electron chi connectivity index (χ0n) is 15.8. The third kappa shape index (κ3) is 4.02. The monoisotopic (exact) mass is 373 g/mol. The molecule has 1 unspecified atom stereocenters. The number of esters is 1. The summed E-state index contributed by atoms with van der Waals surface area (Å²) in [6.07, 6.45) is 5.82. The number of rotatable bonds is 6. The molecule has 1 aromatic carbocycles. The van der Waals surface area contributed by atoms with Crippen molar-refractivity contribution in [3.8, 4) is 0 Å². The zero-order valence-corrected chi connectivity index (χ0v) is 15.8. The number of carbonyl (C=O) groups excluding carboxylic acids is 2. The number of ether oxygens (including phenoxy) is 1. The lowest BCUT2D eigenvalue weighted by Crippen LogP contribution is -2.49. The smallest absolute Gasteiger partial charge is 0.310 e. The van der Waals surface area contributed by atoms with Gasteiger partial charge in [-0.25, -0.2) is 4.39 Å². The maximum absolute atomic E-state index is 12.9. The van der Waals surface area contributed by atoms with E-state index in [0.717, 1.165) is 43.1 Å². The van der Waals surface area contributed by atoms with Gasteiger partial charge in [0.05, 0.1) is 5.92 Å². The topological polar surface area (TPSA) is 55.4 Å². The summed E-state index contributed by atoms with van der Waals surface area (Å²) < 4.78 is 18.5. The summed E-state index contributed by atoms with van der Waals surface area (Å²) in [5, 5.41) is 2.81. The van der Waals surface area contributed by atoms with Crippen molar-refractivity contribution in [2.24, 2.45) is 29.6 Å². The van der Waals surface area contributed by atoms with E-state index in [1.165, 1.54) is 18.6 Å². The van der Waals surface area contributed by atoms with E-state index in [1.54, 1.807) is 19.1 Å². The van der Waals surface area contributed by atoms with Gasteiger partial charge < -0.3 is 10.1 Å². The minimum atomic E-state index is -0.775. The first kappa shape index (κ1) is 18.5. The summed E-state index contributed by atoms with van der Waals surface area (Å²) in [4.78, 5) is 25.0. The Hall–Kier alpha value is -1.91. The van der Waals surface area contributed by atoms with Crippen LogP contribution < -0.4 is 5.32 Å². The molecule has 0 heterocycles. The lowest BCUT2D eigenvalue weighted by Gasteiger charge is -2.53. The quantitative estimate of drug-likeness (QED) is 0.777. The largest absolute Gasteiger partial charge is 0.452 e. The number of amides is 1. The highest BCUT2D eigenvalue weighted by atomic mass is 19.1. The number of hydrogen-bond donors (Lipinski definition) is 1. The Kier molecular flexibility index (Phi) is 5.20. The molecular formula is C22H28FNO3. The van der Waals surface area contributed by atoms with Crippen LogP contribution >= 0.6 is 0 Å². The summed E-state index contributed by atoms with van der Waals surface area (Å²) in [6, 6.07) is 6.23. The van der Waals surface area contributed by atoms with Crippen LogP contribution in [0.25, 0.3) is 0 Å². The van der Waals surface area contributed by atoms with Crippen molar-refractivity contribution in [2.75, 3.05) is 6.54 Å². The van der Waals surface area contributed by atoms with E-state index in [0.29, 0.717) is 24.8 Å². The summed E-state index contributed by atoms with van der Waals surface area (Å²) in [5.74, 6) is 1.82. The lowest BCUT2D eigenvalue weighted by molar-refractivity contribution is -0.170. The van der Waals surface area contributed by atoms with Crippen LogP contribution in [0.4, 0.5) is 4.39 Å². The molecule has 1 atom stereocenters. The minimum Gasteiger partial charge on any atom is -0.452 e. The SMILES string of the molecule is CC(OC(=O)C1C2CC3CC(C2)CC1C3)C(=O)NCCc1ccc(F)cc1. The number of hydrogen-bond acceptors (Lipinski definition) is 3. The summed E-state index contributed by atoms with van der Waals surface area (Å²) in [5.41, 5.74) is 0.954. The van der Waals surface area contributed by atoms with Crippen molar-refractivity contribution in [3.05, 3.63) is 35.6 Å². The van der Waals surface area contributed by atoms with Crippen LogP contribution in [-0.2, 0) is 20.7 Å². The molecule has 4 fully saturated rings. The van der Waals surface area contributed by atoms with Crippen LogP contribution in [0.2, 0.25) is 0 Å². The highest BCUT2D eigenvalue weighted by Crippen LogP contribution is 2.56. The minimum absolute atomic E-state index is 0.00716. The van der Waals surface area contributed by atoms with Crippen molar-refractivity contribution in [1.29, 1.82) is 0 Å². The molecule has 4 bridgehead atoms. The second kappa shape index (κ2) is 7.61. The van der Waals surface area contributed by atoms with E-state index in [2.05, 4.69) is 5.32 Å². The van der Waals surface area contributed by atoms with E-state index >= 15 is 0 Å². The molecule has 5 heteroatoms. The van der Waals surface area contributed by atoms with E-state index in [1.807, 2.05) is 0 Å². The summed E-state index contributed by atoms with van der Waals surface area (Å²) in [7, 11) is 0. The van der Waals surface area contributed by atoms with Gasteiger partial charge in [-0.05, 0) is 86.8 Å². The predicted octanol–water partition coefficient (Wildman–Crippen LogP) is 3.49. The number of nitrogens with one attached hydrogen (secondary N) is 1. The molecule has 1 aromatic rings. The van der Waals surface area contributed by atoms with E-state index < -0.39 is 6.10 Å². The highest BCUT2D eigenvalue weighted by Gasteiger charge is 2.51. The van der Waals surface area contributed by atoms with Gasteiger partial charge in [0, 0.05) is 6.54 Å². The van der Waals surface area contributed by atoms with Crippen LogP contribution in [0, 0.1) is 35.4 Å². The predicted molar refractivity (Wildman–Crippen MR) is 99.2 cm³/mol. The second-order valence-electron chi connectivity index (χ2n) is 8.70. The van der Waals surface area contributed by atoms with Crippen molar-refractivity contribution in [3.63, 3.8) is 0 Å². The fourth-order valence-electron chi connectivity index (χ4n) is 5.74. The fourth-order valence-corrected chi connectivity index (χ4v) is 5.74. The van der Waals surface area contributed by atoms with E-state index in [9.17, 15) is 14.0 Å². The van der Waals surface area contributed by atoms with E-state index in [-0.39, 0.29) is 23.6 Å². The van der Waals surface area contributed by atoms with Gasteiger partial charge in [-0.2, -0.15) is 0 Å². The first-order valence-electron chi connectivity index (χ1n) is 10.2. The summed E-state index contributed by atoms with van der Waals surface area (Å²) >= 11 is 0. The Labute approximate surface area is 159 Å². The average Bonchev–Trinajstić information content (AvgIpc) is 2.62. The maximum atomic E-state index is 12.9. The van der Waals surface area contributed by atoms with Gasteiger partial charge in [0.15, 0.2) is 6.10 Å². The first-order chi connectivity index (χ1) is 13.0. The van der Waals surface area contributed by atoms with Gasteiger partial charge in [0.1, 0.15) is 5.82 Å². The molecule has 27 heavy (non-hydrogen) atoms. The molecule has 0 radical (unpaired) electrons. The van der Waals surface area contributed by atoms with Gasteiger partial charge in [-0.15, -0.1) is 0 Å². The van der Waals surface area contributed by atoms with Crippen LogP contribution in [-0.4, -0.2) is 24.5 Å². The molecule has 4 aliphatic carbocycles. The van der Waals surface area contributed by atoms with Gasteiger partial charge in [-0.3, -0.25) is 9.59 Å². The molecule has 1 N–H and O–H groups in total. The molecule has 4 saturated carbocycles. The Balaban J connectivity index is 1.24. The van der Waals surface area contributed by atoms with Crippen molar-refractivity contribution < 1.29 is 18.7 Å². The molecule has 4 nitrogen and oxygen atoms in total. The summed E-state index contributed by atoms with van der Waals surface area (Å²) in [6.45, 7) is 2.08. The Morgan fingerprint density at radius 3 is 2.26 bits per heavy atom. The Morgan fingerprint density at radius 2 is 1.67 bits per heavy atom. The molecule has 5 rings (SSSR count). The molecule has 146 valence electrons. The molecule has 0 spiro atoms.